The number of nitrogens with one attached hydrogen (secondary N) is 1. The van der Waals surface area contributed by atoms with Gasteiger partial charge in [-0.25, -0.2) is 0 Å². The Bertz CT molecular complexity index is 797. The molecule has 0 atom stereocenters. The highest BCUT2D eigenvalue weighted by atomic mass is 32.2. The quantitative estimate of drug-likeness (QED) is 0.613. The minimum atomic E-state index is -0.0103. The van der Waals surface area contributed by atoms with Gasteiger partial charge in [-0.2, -0.15) is 0 Å². The molecule has 0 fully saturated rings. The summed E-state index contributed by atoms with van der Waals surface area (Å²) >= 11 is 1.59. The number of pyridine rings is 1. The SMILES string of the molecule is O=C(CSCc1ccncc1)NN(Cc1ccccc1)c1ccccc1. The number of hydrazine groups is 1. The van der Waals surface area contributed by atoms with Gasteiger partial charge in [0.05, 0.1) is 18.0 Å². The number of hydrogen-bond donors (Lipinski definition) is 1. The standard InChI is InChI=1S/C21H21N3OS/c25-21(17-26-16-19-11-13-22-14-12-19)23-24(20-9-5-2-6-10-20)15-18-7-3-1-4-8-18/h1-14H,15-17H2,(H,23,25). The van der Waals surface area contributed by atoms with Crippen molar-refractivity contribution >= 4 is 23.4 Å². The van der Waals surface area contributed by atoms with Crippen LogP contribution in [-0.2, 0) is 17.1 Å². The molecule has 1 N–H and O–H groups in total. The van der Waals surface area contributed by atoms with Gasteiger partial charge in [0.15, 0.2) is 0 Å². The topological polar surface area (TPSA) is 45.2 Å². The van der Waals surface area contributed by atoms with E-state index in [0.717, 1.165) is 17.0 Å². The Balaban J connectivity index is 1.59. The van der Waals surface area contributed by atoms with Crippen molar-refractivity contribution in [1.29, 1.82) is 0 Å². The maximum atomic E-state index is 12.4. The van der Waals surface area contributed by atoms with Gasteiger partial charge in [0.1, 0.15) is 0 Å². The van der Waals surface area contributed by atoms with Crippen LogP contribution in [0.5, 0.6) is 0 Å². The van der Waals surface area contributed by atoms with Crippen molar-refractivity contribution in [2.45, 2.75) is 12.3 Å². The van der Waals surface area contributed by atoms with Gasteiger partial charge in [0.2, 0.25) is 5.91 Å². The summed E-state index contributed by atoms with van der Waals surface area (Å²) in [6, 6.07) is 23.9. The van der Waals surface area contributed by atoms with Crippen LogP contribution in [0.15, 0.2) is 85.2 Å². The Morgan fingerprint density at radius 1 is 0.885 bits per heavy atom. The second-order valence-corrected chi connectivity index (χ2v) is 6.78. The van der Waals surface area contributed by atoms with Gasteiger partial charge in [0, 0.05) is 18.1 Å². The van der Waals surface area contributed by atoms with E-state index < -0.39 is 0 Å². The normalized spacial score (nSPS) is 10.3. The van der Waals surface area contributed by atoms with Gasteiger partial charge in [-0.15, -0.1) is 11.8 Å². The summed E-state index contributed by atoms with van der Waals surface area (Å²) in [4.78, 5) is 16.4. The first-order valence-electron chi connectivity index (χ1n) is 8.44. The van der Waals surface area contributed by atoms with Crippen molar-refractivity contribution in [1.82, 2.24) is 10.4 Å². The molecule has 0 saturated heterocycles. The van der Waals surface area contributed by atoms with E-state index in [1.54, 1.807) is 24.2 Å². The first kappa shape index (κ1) is 18.0. The maximum absolute atomic E-state index is 12.4. The van der Waals surface area contributed by atoms with Crippen molar-refractivity contribution in [3.05, 3.63) is 96.3 Å². The molecule has 0 aliphatic heterocycles. The summed E-state index contributed by atoms with van der Waals surface area (Å²) in [5.74, 6) is 1.18. The molecule has 4 nitrogen and oxygen atoms in total. The van der Waals surface area contributed by atoms with E-state index in [9.17, 15) is 4.79 Å². The molecule has 0 aliphatic carbocycles. The minimum Gasteiger partial charge on any atom is -0.281 e. The Morgan fingerprint density at radius 3 is 2.23 bits per heavy atom. The summed E-state index contributed by atoms with van der Waals surface area (Å²) in [6.07, 6.45) is 3.54. The zero-order valence-electron chi connectivity index (χ0n) is 14.4. The van der Waals surface area contributed by atoms with Crippen molar-refractivity contribution < 1.29 is 4.79 Å². The maximum Gasteiger partial charge on any atom is 0.248 e. The highest BCUT2D eigenvalue weighted by Crippen LogP contribution is 2.15. The van der Waals surface area contributed by atoms with Gasteiger partial charge in [-0.1, -0.05) is 48.5 Å². The number of amides is 1. The van der Waals surface area contributed by atoms with Gasteiger partial charge < -0.3 is 0 Å². The lowest BCUT2D eigenvalue weighted by atomic mass is 10.2. The van der Waals surface area contributed by atoms with Crippen molar-refractivity contribution in [2.75, 3.05) is 10.8 Å². The fourth-order valence-electron chi connectivity index (χ4n) is 2.49. The smallest absolute Gasteiger partial charge is 0.248 e. The van der Waals surface area contributed by atoms with Crippen molar-refractivity contribution in [3.8, 4) is 0 Å². The Morgan fingerprint density at radius 2 is 1.54 bits per heavy atom. The van der Waals surface area contributed by atoms with Gasteiger partial charge in [-0.3, -0.25) is 20.2 Å². The largest absolute Gasteiger partial charge is 0.281 e. The lowest BCUT2D eigenvalue weighted by Gasteiger charge is -2.25. The molecule has 0 unspecified atom stereocenters. The average Bonchev–Trinajstić information content (AvgIpc) is 2.70. The molecule has 1 heterocycles. The molecule has 0 radical (unpaired) electrons. The fraction of sp³-hybridized carbons (Fsp3) is 0.143. The molecule has 3 rings (SSSR count). The zero-order chi connectivity index (χ0) is 18.0. The van der Waals surface area contributed by atoms with E-state index in [2.05, 4.69) is 22.5 Å². The van der Waals surface area contributed by atoms with Crippen molar-refractivity contribution in [3.63, 3.8) is 0 Å². The number of aromatic nitrogens is 1. The molecule has 0 saturated carbocycles. The van der Waals surface area contributed by atoms with Crippen LogP contribution in [0.2, 0.25) is 0 Å². The first-order chi connectivity index (χ1) is 12.8. The monoisotopic (exact) mass is 363 g/mol. The van der Waals surface area contributed by atoms with Crippen LogP contribution in [0.4, 0.5) is 5.69 Å². The number of anilines is 1. The molecule has 132 valence electrons. The lowest BCUT2D eigenvalue weighted by Crippen LogP contribution is -2.42. The molecule has 0 aliphatic rings. The molecular formula is C21H21N3OS. The van der Waals surface area contributed by atoms with E-state index in [0.29, 0.717) is 12.3 Å². The number of rotatable bonds is 8. The molecule has 0 spiro atoms. The Kier molecular flexibility index (Phi) is 6.67. The molecular weight excluding hydrogens is 342 g/mol. The van der Waals surface area contributed by atoms with Crippen LogP contribution in [0.25, 0.3) is 0 Å². The molecule has 2 aromatic carbocycles. The zero-order valence-corrected chi connectivity index (χ0v) is 15.2. The number of hydrogen-bond acceptors (Lipinski definition) is 4. The van der Waals surface area contributed by atoms with Crippen LogP contribution in [0, 0.1) is 0 Å². The van der Waals surface area contributed by atoms with Crippen molar-refractivity contribution in [2.24, 2.45) is 0 Å². The summed E-state index contributed by atoms with van der Waals surface area (Å²) < 4.78 is 0. The van der Waals surface area contributed by atoms with Gasteiger partial charge >= 0.3 is 0 Å². The van der Waals surface area contributed by atoms with E-state index >= 15 is 0 Å². The summed E-state index contributed by atoms with van der Waals surface area (Å²) in [5, 5.41) is 1.89. The number of carbonyl (C=O) groups is 1. The van der Waals surface area contributed by atoms with E-state index in [1.807, 2.05) is 65.7 Å². The fourth-order valence-corrected chi connectivity index (χ4v) is 3.27. The summed E-state index contributed by atoms with van der Waals surface area (Å²) in [5.41, 5.74) is 6.30. The number of carbonyl (C=O) groups excluding carboxylic acids is 1. The Hall–Kier alpha value is -2.79. The van der Waals surface area contributed by atoms with E-state index in [4.69, 9.17) is 0 Å². The molecule has 0 bridgehead atoms. The highest BCUT2D eigenvalue weighted by molar-refractivity contribution is 7.99. The second kappa shape index (κ2) is 9.63. The molecule has 5 heteroatoms. The second-order valence-electron chi connectivity index (χ2n) is 5.79. The highest BCUT2D eigenvalue weighted by Gasteiger charge is 2.11. The van der Waals surface area contributed by atoms with Crippen LogP contribution < -0.4 is 10.4 Å². The molecule has 1 aromatic heterocycles. The molecule has 3 aromatic rings. The third kappa shape index (κ3) is 5.63. The number of benzene rings is 2. The third-order valence-corrected chi connectivity index (χ3v) is 4.77. The number of thioether (sulfide) groups is 1. The number of para-hydroxylation sites is 1. The first-order valence-corrected chi connectivity index (χ1v) is 9.59. The molecule has 26 heavy (non-hydrogen) atoms. The minimum absolute atomic E-state index is 0.0103. The van der Waals surface area contributed by atoms with Gasteiger partial charge in [-0.05, 0) is 35.4 Å². The van der Waals surface area contributed by atoms with Crippen LogP contribution in [0.3, 0.4) is 0 Å². The predicted molar refractivity (Wildman–Crippen MR) is 108 cm³/mol. The number of nitrogens with zero attached hydrogens (tertiary/aromatic N) is 2. The van der Waals surface area contributed by atoms with Crippen LogP contribution >= 0.6 is 11.8 Å². The van der Waals surface area contributed by atoms with Gasteiger partial charge in [0.25, 0.3) is 0 Å². The third-order valence-electron chi connectivity index (χ3n) is 3.76. The van der Waals surface area contributed by atoms with E-state index in [-0.39, 0.29) is 5.91 Å². The predicted octanol–water partition coefficient (Wildman–Crippen LogP) is 4.05. The van der Waals surface area contributed by atoms with Crippen LogP contribution in [-0.4, -0.2) is 16.6 Å². The van der Waals surface area contributed by atoms with E-state index in [1.165, 1.54) is 5.56 Å². The lowest BCUT2D eigenvalue weighted by molar-refractivity contribution is -0.118. The average molecular weight is 363 g/mol. The van der Waals surface area contributed by atoms with Crippen LogP contribution in [0.1, 0.15) is 11.1 Å². The summed E-state index contributed by atoms with van der Waals surface area (Å²) in [7, 11) is 0. The summed E-state index contributed by atoms with van der Waals surface area (Å²) in [6.45, 7) is 0.617. The molecule has 1 amide bonds. The Labute approximate surface area is 158 Å².